The van der Waals surface area contributed by atoms with Gasteiger partial charge in [0.05, 0.1) is 18.8 Å². The van der Waals surface area contributed by atoms with Crippen molar-refractivity contribution in [2.45, 2.75) is 70.8 Å². The van der Waals surface area contributed by atoms with E-state index in [1.54, 1.807) is 6.92 Å². The number of carboxylic acid groups (broad SMARTS) is 2. The Bertz CT molecular complexity index is 489. The van der Waals surface area contributed by atoms with E-state index in [1.165, 1.54) is 0 Å². The zero-order chi connectivity index (χ0) is 18.9. The highest BCUT2D eigenvalue weighted by Crippen LogP contribution is 2.39. The summed E-state index contributed by atoms with van der Waals surface area (Å²) in [4.78, 5) is 24.4. The van der Waals surface area contributed by atoms with E-state index in [1.807, 2.05) is 0 Å². The molecule has 2 unspecified atom stereocenters. The predicted molar refractivity (Wildman–Crippen MR) is 92.7 cm³/mol. The van der Waals surface area contributed by atoms with Gasteiger partial charge in [-0.2, -0.15) is 0 Å². The van der Waals surface area contributed by atoms with Gasteiger partial charge in [0.1, 0.15) is 5.41 Å². The van der Waals surface area contributed by atoms with E-state index in [2.05, 4.69) is 33.9 Å². The van der Waals surface area contributed by atoms with Crippen molar-refractivity contribution in [3.63, 3.8) is 0 Å². The molecule has 1 amide bonds. The number of amides is 1. The number of rotatable bonds is 5. The molecule has 3 N–H and O–H groups in total. The average molecular weight is 362 g/mol. The van der Waals surface area contributed by atoms with Crippen LogP contribution in [0.2, 0.25) is 18.1 Å². The Morgan fingerprint density at radius 3 is 2.21 bits per heavy atom. The van der Waals surface area contributed by atoms with E-state index >= 15 is 0 Å². The van der Waals surface area contributed by atoms with Gasteiger partial charge in [0.25, 0.3) is 0 Å². The molecular formula is C16H31NO6Si. The third-order valence-electron chi connectivity index (χ3n) is 5.77. The molecule has 3 atom stereocenters. The average Bonchev–Trinajstić information content (AvgIpc) is 2.43. The normalized spacial score (nSPS) is 28.7. The van der Waals surface area contributed by atoms with Crippen LogP contribution in [0.4, 0.5) is 4.79 Å². The van der Waals surface area contributed by atoms with Gasteiger partial charge in [0.2, 0.25) is 0 Å². The van der Waals surface area contributed by atoms with Crippen molar-refractivity contribution in [2.24, 2.45) is 5.41 Å². The van der Waals surface area contributed by atoms with Crippen molar-refractivity contribution in [3.8, 4) is 0 Å². The van der Waals surface area contributed by atoms with Crippen LogP contribution in [0.15, 0.2) is 0 Å². The molecule has 0 aliphatic carbocycles. The summed E-state index contributed by atoms with van der Waals surface area (Å²) in [5.74, 6) is -1.16. The Labute approximate surface area is 144 Å². The van der Waals surface area contributed by atoms with E-state index in [0.717, 1.165) is 4.90 Å². The van der Waals surface area contributed by atoms with Crippen molar-refractivity contribution in [1.82, 2.24) is 4.90 Å². The summed E-state index contributed by atoms with van der Waals surface area (Å²) in [6, 6.07) is -0.536. The van der Waals surface area contributed by atoms with Crippen LogP contribution in [0, 0.1) is 5.41 Å². The standard InChI is InChI=1S/C16H31NO6Si/c1-7-16(13(19)20)10-17(14(21)22)11(8-12(16)18)9-23-24(5,6)15(2,3)4/h11-12,18H,7-10H2,1-6H3,(H,19,20)(H,21,22)/t11-,12?,16?/m0/s1. The number of hydrogen-bond donors (Lipinski definition) is 3. The van der Waals surface area contributed by atoms with Gasteiger partial charge in [0.15, 0.2) is 8.32 Å². The quantitative estimate of drug-likeness (QED) is 0.650. The molecule has 0 spiro atoms. The first kappa shape index (κ1) is 20.9. The molecule has 7 nitrogen and oxygen atoms in total. The molecule has 0 aromatic heterocycles. The maximum Gasteiger partial charge on any atom is 0.407 e. The molecule has 1 heterocycles. The van der Waals surface area contributed by atoms with Crippen LogP contribution in [0.5, 0.6) is 0 Å². The first-order valence-corrected chi connectivity index (χ1v) is 11.2. The second-order valence-corrected chi connectivity index (χ2v) is 13.0. The minimum Gasteiger partial charge on any atom is -0.481 e. The van der Waals surface area contributed by atoms with Crippen molar-refractivity contribution in [1.29, 1.82) is 0 Å². The zero-order valence-corrected chi connectivity index (χ0v) is 16.5. The van der Waals surface area contributed by atoms with Crippen LogP contribution in [-0.2, 0) is 9.22 Å². The van der Waals surface area contributed by atoms with Gasteiger partial charge in [0, 0.05) is 6.54 Å². The van der Waals surface area contributed by atoms with Gasteiger partial charge in [-0.25, -0.2) is 4.79 Å². The molecule has 140 valence electrons. The Morgan fingerprint density at radius 2 is 1.83 bits per heavy atom. The first-order chi connectivity index (χ1) is 10.8. The number of aliphatic hydroxyl groups excluding tert-OH is 1. The van der Waals surface area contributed by atoms with Crippen LogP contribution in [-0.4, -0.2) is 65.9 Å². The van der Waals surface area contributed by atoms with E-state index in [0.29, 0.717) is 0 Å². The lowest BCUT2D eigenvalue weighted by atomic mass is 9.73. The lowest BCUT2D eigenvalue weighted by Crippen LogP contribution is -2.62. The molecule has 8 heteroatoms. The smallest absolute Gasteiger partial charge is 0.407 e. The molecule has 0 saturated carbocycles. The van der Waals surface area contributed by atoms with Crippen molar-refractivity contribution in [3.05, 3.63) is 0 Å². The highest BCUT2D eigenvalue weighted by atomic mass is 28.4. The minimum absolute atomic E-state index is 0.0113. The Morgan fingerprint density at radius 1 is 1.29 bits per heavy atom. The first-order valence-electron chi connectivity index (χ1n) is 8.33. The number of piperidine rings is 1. The van der Waals surface area contributed by atoms with Gasteiger partial charge in [-0.05, 0) is 31.0 Å². The van der Waals surface area contributed by atoms with E-state index < -0.39 is 37.9 Å². The highest BCUT2D eigenvalue weighted by Gasteiger charge is 2.52. The van der Waals surface area contributed by atoms with Crippen molar-refractivity contribution >= 4 is 20.4 Å². The fraction of sp³-hybridized carbons (Fsp3) is 0.875. The number of carbonyl (C=O) groups is 2. The van der Waals surface area contributed by atoms with Gasteiger partial charge in [-0.3, -0.25) is 4.79 Å². The maximum absolute atomic E-state index is 11.6. The van der Waals surface area contributed by atoms with Crippen LogP contribution < -0.4 is 0 Å². The Balaban J connectivity index is 2.97. The van der Waals surface area contributed by atoms with Crippen molar-refractivity contribution < 1.29 is 29.3 Å². The van der Waals surface area contributed by atoms with Crippen LogP contribution in [0.1, 0.15) is 40.5 Å². The van der Waals surface area contributed by atoms with Gasteiger partial charge >= 0.3 is 12.1 Å². The molecule has 0 radical (unpaired) electrons. The van der Waals surface area contributed by atoms with Crippen LogP contribution in [0.25, 0.3) is 0 Å². The zero-order valence-electron chi connectivity index (χ0n) is 15.5. The molecular weight excluding hydrogens is 330 g/mol. The summed E-state index contributed by atoms with van der Waals surface area (Å²) in [5, 5.41) is 29.4. The molecule has 0 bridgehead atoms. The SMILES string of the molecule is CCC1(C(=O)O)CN(C(=O)O)[C@H](CO[Si](C)(C)C(C)(C)C)CC1O. The van der Waals surface area contributed by atoms with Crippen LogP contribution in [0.3, 0.4) is 0 Å². The van der Waals surface area contributed by atoms with Crippen molar-refractivity contribution in [2.75, 3.05) is 13.2 Å². The lowest BCUT2D eigenvalue weighted by Gasteiger charge is -2.47. The second kappa shape index (κ2) is 7.01. The predicted octanol–water partition coefficient (Wildman–Crippen LogP) is 2.60. The summed E-state index contributed by atoms with van der Waals surface area (Å²) in [5.41, 5.74) is -1.45. The summed E-state index contributed by atoms with van der Waals surface area (Å²) in [7, 11) is -2.06. The van der Waals surface area contributed by atoms with E-state index in [-0.39, 0.29) is 31.0 Å². The molecule has 1 aliphatic rings. The summed E-state index contributed by atoms with van der Waals surface area (Å²) in [6.07, 6.45) is -2.03. The summed E-state index contributed by atoms with van der Waals surface area (Å²) >= 11 is 0. The highest BCUT2D eigenvalue weighted by molar-refractivity contribution is 6.74. The number of nitrogens with zero attached hydrogens (tertiary/aromatic N) is 1. The molecule has 1 saturated heterocycles. The summed E-state index contributed by atoms with van der Waals surface area (Å²) < 4.78 is 6.10. The molecule has 1 fully saturated rings. The van der Waals surface area contributed by atoms with E-state index in [4.69, 9.17) is 4.43 Å². The number of aliphatic hydroxyl groups is 1. The monoisotopic (exact) mass is 361 g/mol. The third-order valence-corrected chi connectivity index (χ3v) is 10.3. The topological polar surface area (TPSA) is 107 Å². The van der Waals surface area contributed by atoms with Gasteiger partial charge < -0.3 is 24.6 Å². The third kappa shape index (κ3) is 3.92. The fourth-order valence-electron chi connectivity index (χ4n) is 2.76. The molecule has 0 aromatic rings. The summed E-state index contributed by atoms with van der Waals surface area (Å²) in [6.45, 7) is 12.0. The fourth-order valence-corrected chi connectivity index (χ4v) is 3.80. The molecule has 0 aromatic carbocycles. The van der Waals surface area contributed by atoms with Crippen LogP contribution >= 0.6 is 0 Å². The largest absolute Gasteiger partial charge is 0.481 e. The Kier molecular flexibility index (Phi) is 6.11. The number of carboxylic acids is 1. The molecule has 1 rings (SSSR count). The number of likely N-dealkylation sites (tertiary alicyclic amines) is 1. The maximum atomic E-state index is 11.6. The number of hydrogen-bond acceptors (Lipinski definition) is 4. The van der Waals surface area contributed by atoms with Gasteiger partial charge in [-0.1, -0.05) is 27.7 Å². The Hall–Kier alpha value is -1.12. The number of aliphatic carboxylic acids is 1. The lowest BCUT2D eigenvalue weighted by molar-refractivity contribution is -0.165. The molecule has 1 aliphatic heterocycles. The molecule has 24 heavy (non-hydrogen) atoms. The second-order valence-electron chi connectivity index (χ2n) is 8.20. The minimum atomic E-state index is -2.06. The van der Waals surface area contributed by atoms with E-state index in [9.17, 15) is 24.9 Å². The van der Waals surface area contributed by atoms with Gasteiger partial charge in [-0.15, -0.1) is 0 Å².